The molecule has 0 amide bonds. The lowest BCUT2D eigenvalue weighted by molar-refractivity contribution is 0.275. The molecule has 0 saturated carbocycles. The van der Waals surface area contributed by atoms with E-state index in [9.17, 15) is 0 Å². The summed E-state index contributed by atoms with van der Waals surface area (Å²) < 4.78 is 0. The van der Waals surface area contributed by atoms with Crippen molar-refractivity contribution in [2.24, 2.45) is 17.3 Å². The summed E-state index contributed by atoms with van der Waals surface area (Å²) in [6.45, 7) is 14.1. The van der Waals surface area contributed by atoms with Crippen molar-refractivity contribution < 1.29 is 0 Å². The molecule has 0 aliphatic rings. The maximum atomic E-state index is 2.39. The summed E-state index contributed by atoms with van der Waals surface area (Å²) in [4.78, 5) is 0. The first kappa shape index (κ1) is 13.0. The van der Waals surface area contributed by atoms with Gasteiger partial charge in [-0.15, -0.1) is 0 Å². The standard InChI is InChI=1S/C13H28/c1-7-13(5,6)9-8-12(4)10-11(2)3/h11-12H,7-10H2,1-6H3. The van der Waals surface area contributed by atoms with Crippen molar-refractivity contribution in [2.45, 2.75) is 67.2 Å². The van der Waals surface area contributed by atoms with Crippen molar-refractivity contribution in [3.05, 3.63) is 0 Å². The predicted octanol–water partition coefficient (Wildman–Crippen LogP) is 4.89. The number of rotatable bonds is 6. The lowest BCUT2D eigenvalue weighted by atomic mass is 9.81. The Morgan fingerprint density at radius 2 is 1.62 bits per heavy atom. The minimum atomic E-state index is 0.561. The maximum absolute atomic E-state index is 2.39. The highest BCUT2D eigenvalue weighted by Crippen LogP contribution is 2.29. The van der Waals surface area contributed by atoms with E-state index in [0.29, 0.717) is 5.41 Å². The molecule has 0 aromatic heterocycles. The third kappa shape index (κ3) is 7.10. The van der Waals surface area contributed by atoms with Crippen molar-refractivity contribution in [1.82, 2.24) is 0 Å². The summed E-state index contributed by atoms with van der Waals surface area (Å²) in [5, 5.41) is 0. The minimum Gasteiger partial charge on any atom is -0.0649 e. The third-order valence-electron chi connectivity index (χ3n) is 3.14. The summed E-state index contributed by atoms with van der Waals surface area (Å²) in [7, 11) is 0. The molecule has 0 spiro atoms. The van der Waals surface area contributed by atoms with Gasteiger partial charge in [-0.1, -0.05) is 54.4 Å². The van der Waals surface area contributed by atoms with Gasteiger partial charge in [0.1, 0.15) is 0 Å². The van der Waals surface area contributed by atoms with Gasteiger partial charge in [0.25, 0.3) is 0 Å². The molecule has 0 heteroatoms. The summed E-state index contributed by atoms with van der Waals surface area (Å²) in [6.07, 6.45) is 5.48. The molecular weight excluding hydrogens is 156 g/mol. The van der Waals surface area contributed by atoms with Crippen LogP contribution in [-0.2, 0) is 0 Å². The van der Waals surface area contributed by atoms with Crippen LogP contribution in [0.1, 0.15) is 67.2 Å². The van der Waals surface area contributed by atoms with Crippen LogP contribution in [0.25, 0.3) is 0 Å². The van der Waals surface area contributed by atoms with E-state index in [1.165, 1.54) is 25.7 Å². The molecular formula is C13H28. The fourth-order valence-corrected chi connectivity index (χ4v) is 1.74. The zero-order valence-corrected chi connectivity index (χ0v) is 10.5. The highest BCUT2D eigenvalue weighted by atomic mass is 14.2. The SMILES string of the molecule is CCC(C)(C)CCC(C)CC(C)C. The van der Waals surface area contributed by atoms with Gasteiger partial charge >= 0.3 is 0 Å². The first-order valence-electron chi connectivity index (χ1n) is 5.87. The van der Waals surface area contributed by atoms with E-state index in [1.54, 1.807) is 0 Å². The van der Waals surface area contributed by atoms with Crippen molar-refractivity contribution in [3.8, 4) is 0 Å². The molecule has 0 aromatic carbocycles. The Kier molecular flexibility index (Phi) is 5.67. The molecule has 0 saturated heterocycles. The van der Waals surface area contributed by atoms with Gasteiger partial charge in [0.05, 0.1) is 0 Å². The average Bonchev–Trinajstić information content (AvgIpc) is 2.00. The lowest BCUT2D eigenvalue weighted by Gasteiger charge is -2.25. The Bertz CT molecular complexity index is 122. The van der Waals surface area contributed by atoms with Crippen LogP contribution < -0.4 is 0 Å². The monoisotopic (exact) mass is 184 g/mol. The van der Waals surface area contributed by atoms with Gasteiger partial charge in [-0.2, -0.15) is 0 Å². The summed E-state index contributed by atoms with van der Waals surface area (Å²) >= 11 is 0. The van der Waals surface area contributed by atoms with Gasteiger partial charge in [-0.3, -0.25) is 0 Å². The van der Waals surface area contributed by atoms with Crippen LogP contribution in [0.4, 0.5) is 0 Å². The van der Waals surface area contributed by atoms with Gasteiger partial charge in [-0.05, 0) is 30.1 Å². The molecule has 0 aromatic rings. The van der Waals surface area contributed by atoms with Crippen molar-refractivity contribution in [3.63, 3.8) is 0 Å². The zero-order valence-electron chi connectivity index (χ0n) is 10.5. The Morgan fingerprint density at radius 1 is 1.08 bits per heavy atom. The van der Waals surface area contributed by atoms with Gasteiger partial charge < -0.3 is 0 Å². The maximum Gasteiger partial charge on any atom is -0.0357 e. The number of hydrogen-bond acceptors (Lipinski definition) is 0. The molecule has 0 nitrogen and oxygen atoms in total. The molecule has 0 bridgehead atoms. The molecule has 1 unspecified atom stereocenters. The Morgan fingerprint density at radius 3 is 2.00 bits per heavy atom. The molecule has 0 fully saturated rings. The second kappa shape index (κ2) is 5.67. The Labute approximate surface area is 85.1 Å². The zero-order chi connectivity index (χ0) is 10.5. The van der Waals surface area contributed by atoms with Crippen LogP contribution in [0.15, 0.2) is 0 Å². The first-order chi connectivity index (χ1) is 5.87. The van der Waals surface area contributed by atoms with Crippen molar-refractivity contribution in [1.29, 1.82) is 0 Å². The van der Waals surface area contributed by atoms with Gasteiger partial charge in [0.2, 0.25) is 0 Å². The summed E-state index contributed by atoms with van der Waals surface area (Å²) in [5.41, 5.74) is 0.561. The quantitative estimate of drug-likeness (QED) is 0.551. The topological polar surface area (TPSA) is 0 Å². The molecule has 80 valence electrons. The van der Waals surface area contributed by atoms with Crippen LogP contribution in [0.5, 0.6) is 0 Å². The van der Waals surface area contributed by atoms with E-state index in [2.05, 4.69) is 41.5 Å². The molecule has 0 aliphatic carbocycles. The Hall–Kier alpha value is 0. The van der Waals surface area contributed by atoms with Crippen LogP contribution in [-0.4, -0.2) is 0 Å². The number of hydrogen-bond donors (Lipinski definition) is 0. The second-order valence-electron chi connectivity index (χ2n) is 5.79. The van der Waals surface area contributed by atoms with Gasteiger partial charge in [0, 0.05) is 0 Å². The second-order valence-corrected chi connectivity index (χ2v) is 5.79. The van der Waals surface area contributed by atoms with Crippen molar-refractivity contribution >= 4 is 0 Å². The summed E-state index contributed by atoms with van der Waals surface area (Å²) in [6, 6.07) is 0. The average molecular weight is 184 g/mol. The highest BCUT2D eigenvalue weighted by Gasteiger charge is 2.16. The lowest BCUT2D eigenvalue weighted by Crippen LogP contribution is -2.12. The van der Waals surface area contributed by atoms with Crippen LogP contribution in [0.3, 0.4) is 0 Å². The Balaban J connectivity index is 3.63. The van der Waals surface area contributed by atoms with Crippen LogP contribution >= 0.6 is 0 Å². The van der Waals surface area contributed by atoms with Gasteiger partial charge in [-0.25, -0.2) is 0 Å². The van der Waals surface area contributed by atoms with E-state index in [0.717, 1.165) is 11.8 Å². The fourth-order valence-electron chi connectivity index (χ4n) is 1.74. The molecule has 0 heterocycles. The van der Waals surface area contributed by atoms with Crippen LogP contribution in [0.2, 0.25) is 0 Å². The van der Waals surface area contributed by atoms with Crippen LogP contribution in [0, 0.1) is 17.3 Å². The van der Waals surface area contributed by atoms with E-state index >= 15 is 0 Å². The van der Waals surface area contributed by atoms with E-state index in [-0.39, 0.29) is 0 Å². The highest BCUT2D eigenvalue weighted by molar-refractivity contribution is 4.68. The van der Waals surface area contributed by atoms with Crippen molar-refractivity contribution in [2.75, 3.05) is 0 Å². The molecule has 13 heavy (non-hydrogen) atoms. The fraction of sp³-hybridized carbons (Fsp3) is 1.00. The smallest absolute Gasteiger partial charge is 0.0357 e. The molecule has 0 radical (unpaired) electrons. The summed E-state index contributed by atoms with van der Waals surface area (Å²) in [5.74, 6) is 1.77. The third-order valence-corrected chi connectivity index (χ3v) is 3.14. The van der Waals surface area contributed by atoms with E-state index in [1.807, 2.05) is 0 Å². The first-order valence-corrected chi connectivity index (χ1v) is 5.87. The van der Waals surface area contributed by atoms with E-state index in [4.69, 9.17) is 0 Å². The van der Waals surface area contributed by atoms with E-state index < -0.39 is 0 Å². The molecule has 0 aliphatic heterocycles. The minimum absolute atomic E-state index is 0.561. The molecule has 0 N–H and O–H groups in total. The molecule has 1 atom stereocenters. The normalized spacial score (nSPS) is 15.0. The van der Waals surface area contributed by atoms with Gasteiger partial charge in [0.15, 0.2) is 0 Å². The predicted molar refractivity (Wildman–Crippen MR) is 61.9 cm³/mol. The molecule has 0 rings (SSSR count). The largest absolute Gasteiger partial charge is 0.0649 e.